The van der Waals surface area contributed by atoms with Crippen molar-refractivity contribution >= 4 is 5.91 Å². The predicted molar refractivity (Wildman–Crippen MR) is 99.1 cm³/mol. The second kappa shape index (κ2) is 8.26. The fraction of sp³-hybridized carbons (Fsp3) is 0.350. The van der Waals surface area contributed by atoms with Crippen molar-refractivity contribution in [3.8, 4) is 17.2 Å². The monoisotopic (exact) mass is 374 g/mol. The van der Waals surface area contributed by atoms with Gasteiger partial charge in [0.05, 0.1) is 32.9 Å². The van der Waals surface area contributed by atoms with Gasteiger partial charge in [-0.25, -0.2) is 4.39 Å². The lowest BCUT2D eigenvalue weighted by Gasteiger charge is -2.37. The van der Waals surface area contributed by atoms with Gasteiger partial charge in [-0.15, -0.1) is 0 Å². The topological polar surface area (TPSA) is 60.0 Å². The van der Waals surface area contributed by atoms with E-state index in [1.807, 2.05) is 24.3 Å². The molecule has 6 nitrogen and oxygen atoms in total. The number of rotatable bonds is 5. The van der Waals surface area contributed by atoms with Gasteiger partial charge in [-0.3, -0.25) is 4.79 Å². The van der Waals surface area contributed by atoms with Crippen LogP contribution in [0.1, 0.15) is 22.0 Å². The van der Waals surface area contributed by atoms with Gasteiger partial charge in [-0.05, 0) is 12.1 Å². The molecule has 1 aliphatic rings. The maximum absolute atomic E-state index is 14.6. The number of nitrogens with zero attached hydrogens (tertiary/aromatic N) is 1. The highest BCUT2D eigenvalue weighted by Crippen LogP contribution is 2.34. The van der Waals surface area contributed by atoms with Crippen molar-refractivity contribution in [3.05, 3.63) is 53.3 Å². The lowest BCUT2D eigenvalue weighted by molar-refractivity contribution is 0.0626. The zero-order valence-electron chi connectivity index (χ0n) is 15.6. The van der Waals surface area contributed by atoms with Crippen molar-refractivity contribution in [2.75, 3.05) is 41.0 Å². The van der Waals surface area contributed by atoms with E-state index in [1.54, 1.807) is 12.0 Å². The molecular formula is C20H23FN2O4. The molecule has 3 rings (SSSR count). The fourth-order valence-corrected chi connectivity index (χ4v) is 3.34. The number of methoxy groups -OCH3 is 3. The van der Waals surface area contributed by atoms with Gasteiger partial charge in [-0.1, -0.05) is 18.2 Å². The Labute approximate surface area is 157 Å². The normalized spacial score (nSPS) is 16.7. The third-order valence-electron chi connectivity index (χ3n) is 4.71. The van der Waals surface area contributed by atoms with Crippen molar-refractivity contribution in [3.63, 3.8) is 0 Å². The number of carbonyl (C=O) groups is 1. The molecule has 144 valence electrons. The SMILES string of the molecule is COc1cc(F)c(C(=O)N2CCNCC2c2ccccc2OC)cc1OC. The number of para-hydroxylation sites is 1. The Hall–Kier alpha value is -2.80. The quantitative estimate of drug-likeness (QED) is 0.872. The molecule has 7 heteroatoms. The standard InChI is InChI=1S/C20H23FN2O4/c1-25-17-7-5-4-6-13(17)16-12-22-8-9-23(16)20(24)14-10-18(26-2)19(27-3)11-15(14)21/h4-7,10-11,16,22H,8-9,12H2,1-3H3. The van der Waals surface area contributed by atoms with Crippen LogP contribution in [0.3, 0.4) is 0 Å². The molecule has 0 bridgehead atoms. The Kier molecular flexibility index (Phi) is 5.81. The first kappa shape index (κ1) is 19.0. The minimum absolute atomic E-state index is 0.0468. The first-order valence-electron chi connectivity index (χ1n) is 8.66. The summed E-state index contributed by atoms with van der Waals surface area (Å²) in [5.41, 5.74) is 0.830. The van der Waals surface area contributed by atoms with Crippen LogP contribution >= 0.6 is 0 Å². The lowest BCUT2D eigenvalue weighted by Crippen LogP contribution is -2.49. The van der Waals surface area contributed by atoms with E-state index in [0.717, 1.165) is 5.56 Å². The molecule has 1 saturated heterocycles. The number of halogens is 1. The predicted octanol–water partition coefficient (Wildman–Crippen LogP) is 2.64. The van der Waals surface area contributed by atoms with Gasteiger partial charge in [0.15, 0.2) is 11.5 Å². The summed E-state index contributed by atoms with van der Waals surface area (Å²) in [5.74, 6) is 0.206. The second-order valence-corrected chi connectivity index (χ2v) is 6.15. The molecule has 0 aliphatic carbocycles. The van der Waals surface area contributed by atoms with Crippen molar-refractivity contribution in [1.82, 2.24) is 10.2 Å². The first-order valence-corrected chi connectivity index (χ1v) is 8.66. The van der Waals surface area contributed by atoms with Crippen LogP contribution in [0.5, 0.6) is 17.2 Å². The highest BCUT2D eigenvalue weighted by atomic mass is 19.1. The van der Waals surface area contributed by atoms with E-state index in [1.165, 1.54) is 26.4 Å². The lowest BCUT2D eigenvalue weighted by atomic mass is 10.0. The highest BCUT2D eigenvalue weighted by molar-refractivity contribution is 5.95. The fourth-order valence-electron chi connectivity index (χ4n) is 3.34. The number of amides is 1. The van der Waals surface area contributed by atoms with Crippen LogP contribution in [0.2, 0.25) is 0 Å². The molecule has 1 N–H and O–H groups in total. The number of ether oxygens (including phenoxy) is 3. The largest absolute Gasteiger partial charge is 0.496 e. The molecule has 1 aliphatic heterocycles. The Balaban J connectivity index is 1.99. The maximum Gasteiger partial charge on any atom is 0.257 e. The van der Waals surface area contributed by atoms with E-state index in [-0.39, 0.29) is 17.4 Å². The average Bonchev–Trinajstić information content (AvgIpc) is 2.72. The molecular weight excluding hydrogens is 351 g/mol. The molecule has 1 atom stereocenters. The zero-order chi connectivity index (χ0) is 19.4. The summed E-state index contributed by atoms with van der Waals surface area (Å²) in [5, 5.41) is 3.29. The van der Waals surface area contributed by atoms with Crippen LogP contribution in [0.25, 0.3) is 0 Å². The van der Waals surface area contributed by atoms with Gasteiger partial charge in [-0.2, -0.15) is 0 Å². The molecule has 1 fully saturated rings. The highest BCUT2D eigenvalue weighted by Gasteiger charge is 2.32. The van der Waals surface area contributed by atoms with E-state index in [0.29, 0.717) is 31.1 Å². The number of hydrogen-bond acceptors (Lipinski definition) is 5. The summed E-state index contributed by atoms with van der Waals surface area (Å²) >= 11 is 0. The van der Waals surface area contributed by atoms with E-state index < -0.39 is 11.7 Å². The summed E-state index contributed by atoms with van der Waals surface area (Å²) in [6.07, 6.45) is 0. The van der Waals surface area contributed by atoms with Gasteiger partial charge >= 0.3 is 0 Å². The van der Waals surface area contributed by atoms with E-state index in [2.05, 4.69) is 5.32 Å². The molecule has 2 aromatic carbocycles. The first-order chi connectivity index (χ1) is 13.1. The summed E-state index contributed by atoms with van der Waals surface area (Å²) in [4.78, 5) is 14.9. The molecule has 1 unspecified atom stereocenters. The third kappa shape index (κ3) is 3.68. The summed E-state index contributed by atoms with van der Waals surface area (Å²) in [6.45, 7) is 1.64. The molecule has 0 radical (unpaired) electrons. The van der Waals surface area contributed by atoms with Gasteiger partial charge in [0, 0.05) is 31.3 Å². The third-order valence-corrected chi connectivity index (χ3v) is 4.71. The van der Waals surface area contributed by atoms with Gasteiger partial charge in [0.25, 0.3) is 5.91 Å². The summed E-state index contributed by atoms with van der Waals surface area (Å²) in [7, 11) is 4.47. The zero-order valence-corrected chi connectivity index (χ0v) is 15.6. The van der Waals surface area contributed by atoms with Crippen LogP contribution in [0, 0.1) is 5.82 Å². The molecule has 0 aromatic heterocycles. The summed E-state index contributed by atoms with van der Waals surface area (Å²) in [6, 6.07) is 9.83. The van der Waals surface area contributed by atoms with Crippen molar-refractivity contribution < 1.29 is 23.4 Å². The Morgan fingerprint density at radius 1 is 1.07 bits per heavy atom. The minimum atomic E-state index is -0.644. The van der Waals surface area contributed by atoms with Crippen LogP contribution in [0.15, 0.2) is 36.4 Å². The molecule has 0 spiro atoms. The molecule has 27 heavy (non-hydrogen) atoms. The van der Waals surface area contributed by atoms with Crippen LogP contribution in [0.4, 0.5) is 4.39 Å². The number of hydrogen-bond donors (Lipinski definition) is 1. The van der Waals surface area contributed by atoms with E-state index in [9.17, 15) is 9.18 Å². The molecule has 1 heterocycles. The van der Waals surface area contributed by atoms with Crippen LogP contribution in [-0.4, -0.2) is 51.8 Å². The van der Waals surface area contributed by atoms with Crippen LogP contribution < -0.4 is 19.5 Å². The Morgan fingerprint density at radius 3 is 2.44 bits per heavy atom. The number of benzene rings is 2. The molecule has 0 saturated carbocycles. The average molecular weight is 374 g/mol. The number of nitrogens with one attached hydrogen (secondary N) is 1. The van der Waals surface area contributed by atoms with Gasteiger partial charge in [0.2, 0.25) is 0 Å². The number of piperazine rings is 1. The Morgan fingerprint density at radius 2 is 1.74 bits per heavy atom. The van der Waals surface area contributed by atoms with Crippen molar-refractivity contribution in [2.45, 2.75) is 6.04 Å². The molecule has 2 aromatic rings. The second-order valence-electron chi connectivity index (χ2n) is 6.15. The Bertz CT molecular complexity index is 828. The van der Waals surface area contributed by atoms with Gasteiger partial charge < -0.3 is 24.4 Å². The van der Waals surface area contributed by atoms with Crippen LogP contribution in [-0.2, 0) is 0 Å². The van der Waals surface area contributed by atoms with Gasteiger partial charge in [0.1, 0.15) is 11.6 Å². The molecule has 1 amide bonds. The van der Waals surface area contributed by atoms with Crippen molar-refractivity contribution in [1.29, 1.82) is 0 Å². The smallest absolute Gasteiger partial charge is 0.257 e. The van der Waals surface area contributed by atoms with E-state index >= 15 is 0 Å². The van der Waals surface area contributed by atoms with Crippen molar-refractivity contribution in [2.24, 2.45) is 0 Å². The minimum Gasteiger partial charge on any atom is -0.496 e. The number of carbonyl (C=O) groups excluding carboxylic acids is 1. The maximum atomic E-state index is 14.6. The van der Waals surface area contributed by atoms with E-state index in [4.69, 9.17) is 14.2 Å². The summed E-state index contributed by atoms with van der Waals surface area (Å²) < 4.78 is 30.4.